The van der Waals surface area contributed by atoms with Gasteiger partial charge < -0.3 is 19.5 Å². The summed E-state index contributed by atoms with van der Waals surface area (Å²) in [6, 6.07) is 0. The lowest BCUT2D eigenvalue weighted by Crippen LogP contribution is -2.35. The fourth-order valence-corrected chi connectivity index (χ4v) is 3.25. The molecule has 0 radical (unpaired) electrons. The Morgan fingerprint density at radius 1 is 0.800 bits per heavy atom. The minimum Gasteiger partial charge on any atom is -0.479 e. The van der Waals surface area contributed by atoms with Gasteiger partial charge in [-0.25, -0.2) is 9.59 Å². The van der Waals surface area contributed by atoms with E-state index in [1.165, 1.54) is 30.6 Å². The number of carbonyl (C=O) groups is 3. The van der Waals surface area contributed by atoms with Crippen molar-refractivity contribution in [2.45, 2.75) is 97.8 Å². The van der Waals surface area contributed by atoms with Crippen molar-refractivity contribution in [1.29, 1.82) is 0 Å². The van der Waals surface area contributed by atoms with Crippen molar-refractivity contribution in [2.75, 3.05) is 26.3 Å². The van der Waals surface area contributed by atoms with Crippen LogP contribution in [-0.2, 0) is 19.1 Å². The van der Waals surface area contributed by atoms with Gasteiger partial charge in [0.1, 0.15) is 0 Å². The number of esters is 1. The van der Waals surface area contributed by atoms with E-state index in [-0.39, 0.29) is 18.9 Å². The van der Waals surface area contributed by atoms with Gasteiger partial charge in [-0.1, -0.05) is 72.1 Å². The van der Waals surface area contributed by atoms with E-state index in [1.807, 2.05) is 0 Å². The summed E-state index contributed by atoms with van der Waals surface area (Å²) < 4.78 is 10.3. The van der Waals surface area contributed by atoms with E-state index < -0.39 is 18.7 Å². The molecule has 0 heterocycles. The standard InChI is InChI=1S/C23H43NO6/c1-4-7-10-13-20(14-11-8-5-2)18-29-22(27)15-17-24(16-12-9-6-3)23(28)30-19-21(25)26/h20H,4-19H2,1-3H3,(H,25,26). The van der Waals surface area contributed by atoms with Crippen LogP contribution in [0, 0.1) is 5.92 Å². The van der Waals surface area contributed by atoms with E-state index >= 15 is 0 Å². The molecule has 0 unspecified atom stereocenters. The summed E-state index contributed by atoms with van der Waals surface area (Å²) in [5.74, 6) is -1.13. The number of carbonyl (C=O) groups excluding carboxylic acids is 2. The monoisotopic (exact) mass is 429 g/mol. The lowest BCUT2D eigenvalue weighted by molar-refractivity contribution is -0.146. The minimum absolute atomic E-state index is 0.0882. The van der Waals surface area contributed by atoms with Crippen LogP contribution in [0.1, 0.15) is 97.8 Å². The largest absolute Gasteiger partial charge is 0.479 e. The Morgan fingerprint density at radius 2 is 1.37 bits per heavy atom. The zero-order valence-electron chi connectivity index (χ0n) is 19.3. The van der Waals surface area contributed by atoms with Crippen molar-refractivity contribution in [3.05, 3.63) is 0 Å². The number of nitrogens with zero attached hydrogens (tertiary/aromatic N) is 1. The third-order valence-corrected chi connectivity index (χ3v) is 5.11. The molecule has 0 aliphatic carbocycles. The second kappa shape index (κ2) is 19.2. The van der Waals surface area contributed by atoms with Crippen molar-refractivity contribution in [3.8, 4) is 0 Å². The van der Waals surface area contributed by atoms with Crippen molar-refractivity contribution in [2.24, 2.45) is 5.92 Å². The predicted octanol–water partition coefficient (Wildman–Crippen LogP) is 5.41. The molecule has 0 rings (SSSR count). The fraction of sp³-hybridized carbons (Fsp3) is 0.870. The summed E-state index contributed by atoms with van der Waals surface area (Å²) in [5, 5.41) is 8.68. The van der Waals surface area contributed by atoms with Gasteiger partial charge in [0, 0.05) is 13.1 Å². The molecule has 0 aromatic heterocycles. The predicted molar refractivity (Wildman–Crippen MR) is 117 cm³/mol. The second-order valence-corrected chi connectivity index (χ2v) is 7.93. The van der Waals surface area contributed by atoms with E-state index in [1.54, 1.807) is 0 Å². The maximum absolute atomic E-state index is 12.2. The van der Waals surface area contributed by atoms with Gasteiger partial charge in [0.2, 0.25) is 0 Å². The van der Waals surface area contributed by atoms with Crippen molar-refractivity contribution in [3.63, 3.8) is 0 Å². The van der Waals surface area contributed by atoms with Gasteiger partial charge in [-0.3, -0.25) is 4.79 Å². The average molecular weight is 430 g/mol. The zero-order valence-corrected chi connectivity index (χ0v) is 19.3. The van der Waals surface area contributed by atoms with Gasteiger partial charge >= 0.3 is 18.0 Å². The maximum atomic E-state index is 12.2. The Hall–Kier alpha value is -1.79. The van der Waals surface area contributed by atoms with Crippen molar-refractivity contribution >= 4 is 18.0 Å². The van der Waals surface area contributed by atoms with Gasteiger partial charge in [0.05, 0.1) is 13.0 Å². The lowest BCUT2D eigenvalue weighted by atomic mass is 9.96. The van der Waals surface area contributed by atoms with Gasteiger partial charge in [-0.15, -0.1) is 0 Å². The smallest absolute Gasteiger partial charge is 0.410 e. The first-order valence-electron chi connectivity index (χ1n) is 11.7. The number of amides is 1. The van der Waals surface area contributed by atoms with Crippen LogP contribution in [0.25, 0.3) is 0 Å². The third kappa shape index (κ3) is 16.1. The van der Waals surface area contributed by atoms with Crippen LogP contribution < -0.4 is 0 Å². The molecule has 0 spiro atoms. The Bertz CT molecular complexity index is 459. The number of rotatable bonds is 19. The molecule has 1 N–H and O–H groups in total. The van der Waals surface area contributed by atoms with Crippen molar-refractivity contribution in [1.82, 2.24) is 4.90 Å². The maximum Gasteiger partial charge on any atom is 0.410 e. The van der Waals surface area contributed by atoms with Crippen LogP contribution in [0.5, 0.6) is 0 Å². The molecule has 0 fully saturated rings. The molecule has 30 heavy (non-hydrogen) atoms. The van der Waals surface area contributed by atoms with Crippen LogP contribution in [0.15, 0.2) is 0 Å². The fourth-order valence-electron chi connectivity index (χ4n) is 3.25. The molecule has 7 nitrogen and oxygen atoms in total. The van der Waals surface area contributed by atoms with Gasteiger partial charge in [-0.2, -0.15) is 0 Å². The Balaban J connectivity index is 4.48. The Morgan fingerprint density at radius 3 is 1.90 bits per heavy atom. The third-order valence-electron chi connectivity index (χ3n) is 5.11. The molecule has 0 saturated heterocycles. The summed E-state index contributed by atoms with van der Waals surface area (Å²) in [5.41, 5.74) is 0. The molecule has 0 aromatic carbocycles. The number of unbranched alkanes of at least 4 members (excludes halogenated alkanes) is 6. The van der Waals surface area contributed by atoms with Crippen LogP contribution in [0.3, 0.4) is 0 Å². The molecule has 7 heteroatoms. The second-order valence-electron chi connectivity index (χ2n) is 7.93. The summed E-state index contributed by atoms with van der Waals surface area (Å²) in [6.07, 6.45) is 11.3. The summed E-state index contributed by atoms with van der Waals surface area (Å²) in [7, 11) is 0. The number of hydrogen-bond donors (Lipinski definition) is 1. The van der Waals surface area contributed by atoms with Crippen LogP contribution in [-0.4, -0.2) is 54.3 Å². The molecule has 0 atom stereocenters. The summed E-state index contributed by atoms with van der Waals surface area (Å²) in [4.78, 5) is 36.4. The molecule has 1 amide bonds. The number of aliphatic carboxylic acids is 1. The van der Waals surface area contributed by atoms with Crippen LogP contribution in [0.4, 0.5) is 4.79 Å². The van der Waals surface area contributed by atoms with Gasteiger partial charge in [0.15, 0.2) is 6.61 Å². The highest BCUT2D eigenvalue weighted by atomic mass is 16.6. The highest BCUT2D eigenvalue weighted by Crippen LogP contribution is 2.18. The summed E-state index contributed by atoms with van der Waals surface area (Å²) in [6.45, 7) is 6.80. The zero-order chi connectivity index (χ0) is 22.6. The number of hydrogen-bond acceptors (Lipinski definition) is 5. The topological polar surface area (TPSA) is 93.1 Å². The molecular formula is C23H43NO6. The van der Waals surface area contributed by atoms with Crippen LogP contribution in [0.2, 0.25) is 0 Å². The van der Waals surface area contributed by atoms with Gasteiger partial charge in [0.25, 0.3) is 0 Å². The van der Waals surface area contributed by atoms with Crippen molar-refractivity contribution < 1.29 is 29.0 Å². The molecule has 176 valence electrons. The Labute approximate surface area is 182 Å². The molecule has 0 bridgehead atoms. The first-order chi connectivity index (χ1) is 14.4. The highest BCUT2D eigenvalue weighted by Gasteiger charge is 2.18. The number of carboxylic acids is 1. The SMILES string of the molecule is CCCCCC(CCCCC)COC(=O)CCN(CCCCC)C(=O)OCC(=O)O. The van der Waals surface area contributed by atoms with E-state index in [9.17, 15) is 14.4 Å². The molecule has 0 aliphatic rings. The van der Waals surface area contributed by atoms with E-state index in [0.29, 0.717) is 19.1 Å². The van der Waals surface area contributed by atoms with E-state index in [2.05, 4.69) is 20.8 Å². The van der Waals surface area contributed by atoms with Crippen LogP contribution >= 0.6 is 0 Å². The molecule has 0 aromatic rings. The van der Waals surface area contributed by atoms with Gasteiger partial charge in [-0.05, 0) is 25.2 Å². The molecule has 0 aliphatic heterocycles. The highest BCUT2D eigenvalue weighted by molar-refractivity contribution is 5.75. The quantitative estimate of drug-likeness (QED) is 0.218. The first-order valence-corrected chi connectivity index (χ1v) is 11.7. The summed E-state index contributed by atoms with van der Waals surface area (Å²) >= 11 is 0. The minimum atomic E-state index is -1.20. The lowest BCUT2D eigenvalue weighted by Gasteiger charge is -2.22. The molecule has 0 saturated carbocycles. The first kappa shape index (κ1) is 28.2. The number of carboxylic acid groups (broad SMARTS) is 1. The average Bonchev–Trinajstić information content (AvgIpc) is 2.72. The van der Waals surface area contributed by atoms with E-state index in [0.717, 1.165) is 44.9 Å². The molecular weight excluding hydrogens is 386 g/mol. The Kier molecular flexibility index (Phi) is 18.0. The normalized spacial score (nSPS) is 10.8. The van der Waals surface area contributed by atoms with E-state index in [4.69, 9.17) is 14.6 Å². The number of ether oxygens (including phenoxy) is 2.